The zero-order valence-electron chi connectivity index (χ0n) is 20.1. The van der Waals surface area contributed by atoms with Gasteiger partial charge in [-0.25, -0.2) is 9.18 Å². The maximum atomic E-state index is 15.3. The summed E-state index contributed by atoms with van der Waals surface area (Å²) in [7, 11) is 1.52. The summed E-state index contributed by atoms with van der Waals surface area (Å²) in [5.74, 6) is -3.03. The van der Waals surface area contributed by atoms with Crippen molar-refractivity contribution in [2.75, 3.05) is 13.9 Å². The number of allylic oxidation sites excluding steroid dienone is 5. The predicted molar refractivity (Wildman–Crippen MR) is 123 cm³/mol. The highest BCUT2D eigenvalue weighted by atomic mass is 19.1. The Morgan fingerprint density at radius 1 is 1.09 bits per heavy atom. The fourth-order valence-corrected chi connectivity index (χ4v) is 4.10. The van der Waals surface area contributed by atoms with E-state index in [2.05, 4.69) is 27.7 Å². The van der Waals surface area contributed by atoms with E-state index in [4.69, 9.17) is 14.6 Å². The summed E-state index contributed by atoms with van der Waals surface area (Å²) in [6.07, 6.45) is 4.65. The first-order valence-corrected chi connectivity index (χ1v) is 10.8. The van der Waals surface area contributed by atoms with Crippen LogP contribution in [-0.4, -0.2) is 25.0 Å². The average molecular weight is 449 g/mol. The standard InChI is InChI=1S/C26H34F2O4/c1-8-17(21(27)10-9-16(2)23(28)24(29)30)18-13-19-20(14-22(18)32-15-31-7)26(5,6)12-11-25(19,3)4/h9-10,13-14H,8,11-12,15H2,1-7H3,(H,29,30)/b10-9+,21-17+,23-16+. The molecule has 0 aromatic heterocycles. The van der Waals surface area contributed by atoms with Crippen LogP contribution in [0.1, 0.15) is 77.5 Å². The van der Waals surface area contributed by atoms with Gasteiger partial charge in [-0.1, -0.05) is 40.7 Å². The number of fused-ring (bicyclic) bond motifs is 1. The van der Waals surface area contributed by atoms with Crippen molar-refractivity contribution in [2.45, 2.75) is 71.6 Å². The minimum absolute atomic E-state index is 0.0235. The van der Waals surface area contributed by atoms with Gasteiger partial charge in [0, 0.05) is 12.7 Å². The van der Waals surface area contributed by atoms with Crippen LogP contribution in [0, 0.1) is 0 Å². The van der Waals surface area contributed by atoms with Crippen LogP contribution in [0.15, 0.2) is 41.5 Å². The van der Waals surface area contributed by atoms with Crippen molar-refractivity contribution in [3.63, 3.8) is 0 Å². The molecule has 0 saturated heterocycles. The molecule has 2 rings (SSSR count). The number of methoxy groups -OCH3 is 1. The summed E-state index contributed by atoms with van der Waals surface area (Å²) in [4.78, 5) is 10.8. The van der Waals surface area contributed by atoms with Gasteiger partial charge in [0.1, 0.15) is 11.6 Å². The number of carboxylic acid groups (broad SMARTS) is 1. The summed E-state index contributed by atoms with van der Waals surface area (Å²) in [5, 5.41) is 8.77. The number of ether oxygens (including phenoxy) is 2. The van der Waals surface area contributed by atoms with Crippen LogP contribution in [0.25, 0.3) is 5.57 Å². The molecule has 0 amide bonds. The molecular formula is C26H34F2O4. The Bertz CT molecular complexity index is 968. The van der Waals surface area contributed by atoms with E-state index in [-0.39, 0.29) is 23.2 Å². The molecule has 0 aliphatic heterocycles. The lowest BCUT2D eigenvalue weighted by Gasteiger charge is -2.42. The van der Waals surface area contributed by atoms with E-state index in [0.717, 1.165) is 30.6 Å². The Hall–Kier alpha value is -2.47. The summed E-state index contributed by atoms with van der Waals surface area (Å²) in [6, 6.07) is 4.00. The molecule has 176 valence electrons. The largest absolute Gasteiger partial charge is 0.476 e. The molecular weight excluding hydrogens is 414 g/mol. The molecule has 6 heteroatoms. The van der Waals surface area contributed by atoms with Gasteiger partial charge in [0.15, 0.2) is 6.79 Å². The van der Waals surface area contributed by atoms with Gasteiger partial charge in [-0.2, -0.15) is 4.39 Å². The number of rotatable bonds is 8. The van der Waals surface area contributed by atoms with E-state index in [9.17, 15) is 9.18 Å². The summed E-state index contributed by atoms with van der Waals surface area (Å²) in [5.41, 5.74) is 3.08. The maximum absolute atomic E-state index is 15.3. The molecule has 0 bridgehead atoms. The smallest absolute Gasteiger partial charge is 0.365 e. The Morgan fingerprint density at radius 3 is 2.16 bits per heavy atom. The Labute approximate surface area is 189 Å². The molecule has 32 heavy (non-hydrogen) atoms. The molecule has 0 saturated carbocycles. The molecule has 0 unspecified atom stereocenters. The predicted octanol–water partition coefficient (Wildman–Crippen LogP) is 6.99. The van der Waals surface area contributed by atoms with Crippen LogP contribution < -0.4 is 4.74 Å². The van der Waals surface area contributed by atoms with Crippen molar-refractivity contribution >= 4 is 11.5 Å². The maximum Gasteiger partial charge on any atom is 0.365 e. The van der Waals surface area contributed by atoms with Gasteiger partial charge in [-0.05, 0) is 77.5 Å². The van der Waals surface area contributed by atoms with Crippen LogP contribution in [0.5, 0.6) is 5.75 Å². The van der Waals surface area contributed by atoms with E-state index in [0.29, 0.717) is 23.3 Å². The summed E-state index contributed by atoms with van der Waals surface area (Å²) >= 11 is 0. The normalized spacial score (nSPS) is 18.7. The van der Waals surface area contributed by atoms with E-state index in [1.54, 1.807) is 0 Å². The second-order valence-corrected chi connectivity index (χ2v) is 9.53. The SMILES string of the molecule is CC/C(=C(F)/C=C/C(C)=C(/F)C(=O)O)c1cc2c(cc1OCOC)C(C)(C)CCC2(C)C. The molecule has 0 spiro atoms. The number of aliphatic carboxylic acids is 1. The molecule has 0 heterocycles. The quantitative estimate of drug-likeness (QED) is 0.264. The highest BCUT2D eigenvalue weighted by Crippen LogP contribution is 2.49. The van der Waals surface area contributed by atoms with Gasteiger partial charge in [0.05, 0.1) is 0 Å². The number of hydrogen-bond donors (Lipinski definition) is 1. The first kappa shape index (κ1) is 25.8. The lowest BCUT2D eigenvalue weighted by Crippen LogP contribution is -2.34. The van der Waals surface area contributed by atoms with Gasteiger partial charge in [-0.3, -0.25) is 0 Å². The van der Waals surface area contributed by atoms with Crippen LogP contribution in [0.4, 0.5) is 8.78 Å². The fourth-order valence-electron chi connectivity index (χ4n) is 4.10. The average Bonchev–Trinajstić information content (AvgIpc) is 2.73. The van der Waals surface area contributed by atoms with Crippen LogP contribution in [0.2, 0.25) is 0 Å². The molecule has 0 radical (unpaired) electrons. The lowest BCUT2D eigenvalue weighted by atomic mass is 9.62. The lowest BCUT2D eigenvalue weighted by molar-refractivity contribution is -0.134. The summed E-state index contributed by atoms with van der Waals surface area (Å²) < 4.78 is 39.8. The highest BCUT2D eigenvalue weighted by molar-refractivity contribution is 5.85. The zero-order chi connectivity index (χ0) is 24.3. The van der Waals surface area contributed by atoms with Crippen molar-refractivity contribution in [1.82, 2.24) is 0 Å². The Kier molecular flexibility index (Phi) is 8.05. The van der Waals surface area contributed by atoms with E-state index < -0.39 is 17.6 Å². The van der Waals surface area contributed by atoms with Gasteiger partial charge < -0.3 is 14.6 Å². The molecule has 0 atom stereocenters. The highest BCUT2D eigenvalue weighted by Gasteiger charge is 2.38. The topological polar surface area (TPSA) is 55.8 Å². The van der Waals surface area contributed by atoms with Gasteiger partial charge in [0.2, 0.25) is 5.83 Å². The Morgan fingerprint density at radius 2 is 1.66 bits per heavy atom. The van der Waals surface area contributed by atoms with E-state index >= 15 is 4.39 Å². The second kappa shape index (κ2) is 9.99. The number of halogens is 2. The first-order valence-electron chi connectivity index (χ1n) is 10.8. The zero-order valence-corrected chi connectivity index (χ0v) is 20.1. The molecule has 4 nitrogen and oxygen atoms in total. The Balaban J connectivity index is 2.70. The van der Waals surface area contributed by atoms with Crippen molar-refractivity contribution in [2.24, 2.45) is 0 Å². The van der Waals surface area contributed by atoms with Crippen molar-refractivity contribution < 1.29 is 28.2 Å². The molecule has 1 aliphatic carbocycles. The van der Waals surface area contributed by atoms with Gasteiger partial charge >= 0.3 is 5.97 Å². The first-order chi connectivity index (χ1) is 14.9. The fraction of sp³-hybridized carbons (Fsp3) is 0.500. The molecule has 0 fully saturated rings. The number of carbonyl (C=O) groups is 1. The summed E-state index contributed by atoms with van der Waals surface area (Å²) in [6.45, 7) is 11.9. The van der Waals surface area contributed by atoms with Crippen molar-refractivity contribution in [3.05, 3.63) is 58.2 Å². The minimum atomic E-state index is -1.68. The monoisotopic (exact) mass is 448 g/mol. The molecule has 1 aromatic carbocycles. The number of hydrogen-bond acceptors (Lipinski definition) is 3. The van der Waals surface area contributed by atoms with Crippen LogP contribution >= 0.6 is 0 Å². The van der Waals surface area contributed by atoms with Crippen LogP contribution in [0.3, 0.4) is 0 Å². The van der Waals surface area contributed by atoms with Gasteiger partial charge in [0.25, 0.3) is 0 Å². The molecule has 1 aromatic rings. The third-order valence-electron chi connectivity index (χ3n) is 6.27. The number of benzene rings is 1. The van der Waals surface area contributed by atoms with E-state index in [1.165, 1.54) is 19.6 Å². The van der Waals surface area contributed by atoms with Crippen molar-refractivity contribution in [3.8, 4) is 5.75 Å². The van der Waals surface area contributed by atoms with Crippen molar-refractivity contribution in [1.29, 1.82) is 0 Å². The molecule has 1 aliphatic rings. The van der Waals surface area contributed by atoms with E-state index in [1.807, 2.05) is 19.1 Å². The minimum Gasteiger partial charge on any atom is -0.476 e. The third-order valence-corrected chi connectivity index (χ3v) is 6.27. The van der Waals surface area contributed by atoms with Gasteiger partial charge in [-0.15, -0.1) is 0 Å². The van der Waals surface area contributed by atoms with Crippen LogP contribution in [-0.2, 0) is 20.4 Å². The second-order valence-electron chi connectivity index (χ2n) is 9.53. The molecule has 1 N–H and O–H groups in total. The number of carboxylic acids is 1. The third kappa shape index (κ3) is 5.47.